The first kappa shape index (κ1) is 26.6. The SMILES string of the molecule is CCC(=O)CCCCC[C@H](NC(=O)Cn1c(=O)oc2ccccc21)C(=O)Nc1cccc(C(C)=O)c1. The second-order valence-corrected chi connectivity index (χ2v) is 8.66. The van der Waals surface area contributed by atoms with Crippen LogP contribution in [0.4, 0.5) is 5.69 Å². The molecule has 2 amide bonds. The number of benzene rings is 2. The highest BCUT2D eigenvalue weighted by Gasteiger charge is 2.22. The number of hydrogen-bond acceptors (Lipinski definition) is 6. The number of para-hydroxylation sites is 2. The summed E-state index contributed by atoms with van der Waals surface area (Å²) in [5, 5.41) is 5.49. The zero-order valence-electron chi connectivity index (χ0n) is 20.5. The summed E-state index contributed by atoms with van der Waals surface area (Å²) < 4.78 is 6.39. The Balaban J connectivity index is 1.69. The van der Waals surface area contributed by atoms with E-state index in [9.17, 15) is 24.0 Å². The van der Waals surface area contributed by atoms with Gasteiger partial charge in [-0.2, -0.15) is 0 Å². The molecule has 0 radical (unpaired) electrons. The van der Waals surface area contributed by atoms with Crippen LogP contribution in [0.5, 0.6) is 0 Å². The summed E-state index contributed by atoms with van der Waals surface area (Å²) in [5.41, 5.74) is 1.76. The monoisotopic (exact) mass is 493 g/mol. The molecule has 0 spiro atoms. The number of fused-ring (bicyclic) bond motifs is 1. The predicted molar refractivity (Wildman–Crippen MR) is 136 cm³/mol. The van der Waals surface area contributed by atoms with Gasteiger partial charge in [-0.15, -0.1) is 0 Å². The Morgan fingerprint density at radius 2 is 1.78 bits per heavy atom. The van der Waals surface area contributed by atoms with E-state index in [1.165, 1.54) is 11.5 Å². The van der Waals surface area contributed by atoms with E-state index in [-0.39, 0.29) is 18.1 Å². The molecule has 0 fully saturated rings. The van der Waals surface area contributed by atoms with Gasteiger partial charge in [0.15, 0.2) is 11.4 Å². The first-order chi connectivity index (χ1) is 17.3. The first-order valence-electron chi connectivity index (χ1n) is 12.1. The molecule has 2 aromatic carbocycles. The number of oxazole rings is 1. The van der Waals surface area contributed by atoms with E-state index in [1.807, 2.05) is 6.92 Å². The Labute approximate surface area is 208 Å². The van der Waals surface area contributed by atoms with E-state index in [4.69, 9.17) is 4.42 Å². The lowest BCUT2D eigenvalue weighted by Gasteiger charge is -2.19. The van der Waals surface area contributed by atoms with Crippen molar-refractivity contribution in [1.82, 2.24) is 9.88 Å². The molecule has 9 nitrogen and oxygen atoms in total. The molecule has 3 aromatic rings. The van der Waals surface area contributed by atoms with Gasteiger partial charge in [-0.25, -0.2) is 4.79 Å². The Morgan fingerprint density at radius 1 is 1.00 bits per heavy atom. The van der Waals surface area contributed by atoms with Crippen molar-refractivity contribution in [3.63, 3.8) is 0 Å². The highest BCUT2D eigenvalue weighted by atomic mass is 16.4. The molecule has 0 saturated heterocycles. The molecular formula is C27H31N3O6. The number of ketones is 2. The maximum absolute atomic E-state index is 13.1. The summed E-state index contributed by atoms with van der Waals surface area (Å²) in [6, 6.07) is 12.5. The van der Waals surface area contributed by atoms with Crippen LogP contribution in [0.25, 0.3) is 11.1 Å². The van der Waals surface area contributed by atoms with Crippen LogP contribution < -0.4 is 16.4 Å². The van der Waals surface area contributed by atoms with Crippen molar-refractivity contribution in [2.24, 2.45) is 0 Å². The number of Topliss-reactive ketones (excluding diaryl/α,β-unsaturated/α-hetero) is 2. The number of nitrogens with zero attached hydrogens (tertiary/aromatic N) is 1. The van der Waals surface area contributed by atoms with Crippen molar-refractivity contribution in [3.8, 4) is 0 Å². The van der Waals surface area contributed by atoms with Crippen LogP contribution in [0, 0.1) is 0 Å². The van der Waals surface area contributed by atoms with Gasteiger partial charge in [-0.3, -0.25) is 23.7 Å². The van der Waals surface area contributed by atoms with Crippen molar-refractivity contribution >= 4 is 40.2 Å². The van der Waals surface area contributed by atoms with Gasteiger partial charge in [0.05, 0.1) is 5.52 Å². The molecule has 1 atom stereocenters. The quantitative estimate of drug-likeness (QED) is 0.275. The highest BCUT2D eigenvalue weighted by molar-refractivity contribution is 5.99. The van der Waals surface area contributed by atoms with Gasteiger partial charge < -0.3 is 15.1 Å². The molecule has 0 unspecified atom stereocenters. The van der Waals surface area contributed by atoms with Crippen molar-refractivity contribution in [2.45, 2.75) is 65.0 Å². The Kier molecular flexibility index (Phi) is 9.32. The number of anilines is 1. The third-order valence-electron chi connectivity index (χ3n) is 5.91. The second-order valence-electron chi connectivity index (χ2n) is 8.66. The van der Waals surface area contributed by atoms with Crippen LogP contribution in [-0.4, -0.2) is 34.0 Å². The average molecular weight is 494 g/mol. The molecule has 0 aliphatic rings. The molecular weight excluding hydrogens is 462 g/mol. The van der Waals surface area contributed by atoms with Crippen LogP contribution >= 0.6 is 0 Å². The summed E-state index contributed by atoms with van der Waals surface area (Å²) in [6.07, 6.45) is 3.42. The lowest BCUT2D eigenvalue weighted by atomic mass is 10.0. The van der Waals surface area contributed by atoms with Gasteiger partial charge in [0.1, 0.15) is 18.4 Å². The zero-order chi connectivity index (χ0) is 26.1. The van der Waals surface area contributed by atoms with Crippen LogP contribution in [0.3, 0.4) is 0 Å². The average Bonchev–Trinajstić information content (AvgIpc) is 3.17. The van der Waals surface area contributed by atoms with Crippen molar-refractivity contribution < 1.29 is 23.6 Å². The van der Waals surface area contributed by atoms with E-state index in [0.717, 1.165) is 6.42 Å². The van der Waals surface area contributed by atoms with E-state index >= 15 is 0 Å². The number of rotatable bonds is 13. The summed E-state index contributed by atoms with van der Waals surface area (Å²) in [7, 11) is 0. The van der Waals surface area contributed by atoms with Gasteiger partial charge in [0.25, 0.3) is 0 Å². The van der Waals surface area contributed by atoms with Gasteiger partial charge in [0, 0.05) is 24.1 Å². The standard InChI is InChI=1S/C27H31N3O6/c1-3-21(32)12-5-4-6-13-22(26(34)28-20-11-9-10-19(16-20)18(2)31)29-25(33)17-30-23-14-7-8-15-24(23)36-27(30)35/h7-11,14-16,22H,3-6,12-13,17H2,1-2H3,(H,28,34)(H,29,33)/t22-/m0/s1. The lowest BCUT2D eigenvalue weighted by Crippen LogP contribution is -2.45. The maximum Gasteiger partial charge on any atom is 0.420 e. The number of unbranched alkanes of at least 4 members (excludes halogenated alkanes) is 2. The molecule has 0 aliphatic carbocycles. The van der Waals surface area contributed by atoms with Gasteiger partial charge in [0.2, 0.25) is 11.8 Å². The fourth-order valence-corrected chi connectivity index (χ4v) is 3.89. The minimum absolute atomic E-state index is 0.129. The molecule has 1 heterocycles. The molecule has 0 bridgehead atoms. The van der Waals surface area contributed by atoms with E-state index in [0.29, 0.717) is 54.5 Å². The Bertz CT molecular complexity index is 1310. The third-order valence-corrected chi connectivity index (χ3v) is 5.91. The predicted octanol–water partition coefficient (Wildman–Crippen LogP) is 3.85. The highest BCUT2D eigenvalue weighted by Crippen LogP contribution is 2.15. The van der Waals surface area contributed by atoms with Crippen LogP contribution in [0.15, 0.2) is 57.7 Å². The third kappa shape index (κ3) is 7.24. The van der Waals surface area contributed by atoms with E-state index in [1.54, 1.807) is 48.5 Å². The van der Waals surface area contributed by atoms with Gasteiger partial charge in [-0.05, 0) is 44.0 Å². The Morgan fingerprint density at radius 3 is 2.53 bits per heavy atom. The van der Waals surface area contributed by atoms with Crippen LogP contribution in [0.1, 0.15) is 62.7 Å². The van der Waals surface area contributed by atoms with Crippen molar-refractivity contribution in [3.05, 3.63) is 64.6 Å². The number of amides is 2. The molecule has 9 heteroatoms. The normalized spacial score (nSPS) is 11.7. The van der Waals surface area contributed by atoms with Gasteiger partial charge in [-0.1, -0.05) is 44.0 Å². The maximum atomic E-state index is 13.1. The number of carbonyl (C=O) groups excluding carboxylic acids is 4. The van der Waals surface area contributed by atoms with Gasteiger partial charge >= 0.3 is 5.76 Å². The lowest BCUT2D eigenvalue weighted by molar-refractivity contribution is -0.127. The molecule has 190 valence electrons. The van der Waals surface area contributed by atoms with Crippen molar-refractivity contribution in [1.29, 1.82) is 0 Å². The molecule has 1 aromatic heterocycles. The van der Waals surface area contributed by atoms with Crippen LogP contribution in [-0.2, 0) is 20.9 Å². The fraction of sp³-hybridized carbons (Fsp3) is 0.370. The molecule has 36 heavy (non-hydrogen) atoms. The molecule has 0 saturated carbocycles. The topological polar surface area (TPSA) is 127 Å². The van der Waals surface area contributed by atoms with Crippen LogP contribution in [0.2, 0.25) is 0 Å². The molecule has 0 aliphatic heterocycles. The number of nitrogens with one attached hydrogen (secondary N) is 2. The first-order valence-corrected chi connectivity index (χ1v) is 12.1. The minimum Gasteiger partial charge on any atom is -0.408 e. The number of aromatic nitrogens is 1. The summed E-state index contributed by atoms with van der Waals surface area (Å²) in [4.78, 5) is 61.4. The number of carbonyl (C=O) groups is 4. The molecule has 3 rings (SSSR count). The second kappa shape index (κ2) is 12.6. The molecule has 2 N–H and O–H groups in total. The summed E-state index contributed by atoms with van der Waals surface area (Å²) in [6.45, 7) is 2.97. The number of hydrogen-bond donors (Lipinski definition) is 2. The largest absolute Gasteiger partial charge is 0.420 e. The zero-order valence-corrected chi connectivity index (χ0v) is 20.5. The van der Waals surface area contributed by atoms with E-state index < -0.39 is 23.6 Å². The minimum atomic E-state index is -0.866. The fourth-order valence-electron chi connectivity index (χ4n) is 3.89. The summed E-state index contributed by atoms with van der Waals surface area (Å²) >= 11 is 0. The van der Waals surface area contributed by atoms with E-state index in [2.05, 4.69) is 10.6 Å². The van der Waals surface area contributed by atoms with Crippen molar-refractivity contribution in [2.75, 3.05) is 5.32 Å². The Hall–Kier alpha value is -4.01. The smallest absolute Gasteiger partial charge is 0.408 e. The summed E-state index contributed by atoms with van der Waals surface area (Å²) in [5.74, 6) is -1.54.